The second kappa shape index (κ2) is 6.70. The topological polar surface area (TPSA) is 90.9 Å². The van der Waals surface area contributed by atoms with Crippen molar-refractivity contribution in [2.24, 2.45) is 0 Å². The lowest BCUT2D eigenvalue weighted by Gasteiger charge is -2.24. The van der Waals surface area contributed by atoms with E-state index in [-0.39, 0.29) is 11.5 Å². The molecule has 2 atom stereocenters. The molecule has 1 unspecified atom stereocenters. The third-order valence-corrected chi connectivity index (χ3v) is 3.81. The number of carbonyl (C=O) groups is 1. The first-order valence-corrected chi connectivity index (χ1v) is 9.54. The second-order valence-corrected chi connectivity index (χ2v) is 8.55. The molecule has 0 spiro atoms. The van der Waals surface area contributed by atoms with E-state index in [0.29, 0.717) is 12.0 Å². The molecule has 2 rings (SSSR count). The smallest absolute Gasteiger partial charge is 0.407 e. The number of carbonyl (C=O) groups excluding carboxylic acids is 1. The van der Waals surface area contributed by atoms with Crippen molar-refractivity contribution in [3.8, 4) is 11.5 Å². The Bertz CT molecular complexity index is 772. The summed E-state index contributed by atoms with van der Waals surface area (Å²) in [5, 5.41) is 2.66. The second-order valence-electron chi connectivity index (χ2n) is 6.97. The first-order chi connectivity index (χ1) is 11.3. The molecule has 140 valence electrons. The zero-order valence-corrected chi connectivity index (χ0v) is 15.6. The Kier molecular flexibility index (Phi) is 5.17. The molecule has 0 saturated carbocycles. The maximum Gasteiger partial charge on any atom is 0.407 e. The average Bonchev–Trinajstić information content (AvgIpc) is 2.78. The van der Waals surface area contributed by atoms with Gasteiger partial charge in [0.15, 0.2) is 11.5 Å². The van der Waals surface area contributed by atoms with Crippen molar-refractivity contribution in [1.29, 1.82) is 0 Å². The third kappa shape index (κ3) is 5.48. The van der Waals surface area contributed by atoms with E-state index in [1.807, 2.05) is 0 Å². The number of nitrogens with one attached hydrogen (secondary N) is 1. The average molecular weight is 375 g/mol. The SMILES string of the molecule is C[C@@H](NC(=O)OC(C)(C)C)C1Cc2cc(F)cc(OS(C)(=O)=O)c2O1. The third-order valence-electron chi connectivity index (χ3n) is 3.33. The Labute approximate surface area is 146 Å². The Morgan fingerprint density at radius 2 is 2.04 bits per heavy atom. The molecule has 0 aromatic heterocycles. The first kappa shape index (κ1) is 19.3. The maximum absolute atomic E-state index is 13.7. The van der Waals surface area contributed by atoms with Gasteiger partial charge in [-0.2, -0.15) is 8.42 Å². The van der Waals surface area contributed by atoms with E-state index in [0.717, 1.165) is 12.3 Å². The number of hydrogen-bond donors (Lipinski definition) is 1. The van der Waals surface area contributed by atoms with Gasteiger partial charge in [-0.05, 0) is 33.8 Å². The van der Waals surface area contributed by atoms with Gasteiger partial charge in [-0.25, -0.2) is 9.18 Å². The number of alkyl carbamates (subject to hydrolysis) is 1. The van der Waals surface area contributed by atoms with Crippen molar-refractivity contribution in [3.05, 3.63) is 23.5 Å². The molecule has 1 amide bonds. The van der Waals surface area contributed by atoms with Crippen LogP contribution in [0.15, 0.2) is 12.1 Å². The van der Waals surface area contributed by atoms with E-state index in [2.05, 4.69) is 5.32 Å². The van der Waals surface area contributed by atoms with Gasteiger partial charge in [0.05, 0.1) is 12.3 Å². The molecule has 0 bridgehead atoms. The number of benzene rings is 1. The van der Waals surface area contributed by atoms with E-state index in [1.165, 1.54) is 6.07 Å². The first-order valence-electron chi connectivity index (χ1n) is 7.72. The predicted molar refractivity (Wildman–Crippen MR) is 88.8 cm³/mol. The molecule has 0 radical (unpaired) electrons. The van der Waals surface area contributed by atoms with Crippen LogP contribution in [0, 0.1) is 5.82 Å². The van der Waals surface area contributed by atoms with E-state index in [4.69, 9.17) is 13.7 Å². The van der Waals surface area contributed by atoms with Crippen molar-refractivity contribution in [2.45, 2.75) is 51.9 Å². The number of amides is 1. The van der Waals surface area contributed by atoms with E-state index in [9.17, 15) is 17.6 Å². The highest BCUT2D eigenvalue weighted by Gasteiger charge is 2.33. The van der Waals surface area contributed by atoms with Crippen LogP contribution >= 0.6 is 0 Å². The fourth-order valence-electron chi connectivity index (χ4n) is 2.41. The van der Waals surface area contributed by atoms with Crippen molar-refractivity contribution in [1.82, 2.24) is 5.32 Å². The summed E-state index contributed by atoms with van der Waals surface area (Å²) in [4.78, 5) is 11.9. The normalized spacial score (nSPS) is 18.1. The molecule has 1 aromatic rings. The van der Waals surface area contributed by atoms with Crippen LogP contribution in [0.25, 0.3) is 0 Å². The van der Waals surface area contributed by atoms with Gasteiger partial charge in [0.25, 0.3) is 0 Å². The molecule has 7 nitrogen and oxygen atoms in total. The van der Waals surface area contributed by atoms with Gasteiger partial charge in [0.2, 0.25) is 0 Å². The van der Waals surface area contributed by atoms with Crippen LogP contribution in [0.3, 0.4) is 0 Å². The predicted octanol–water partition coefficient (Wildman–Crippen LogP) is 2.38. The van der Waals surface area contributed by atoms with Gasteiger partial charge in [0, 0.05) is 18.1 Å². The maximum atomic E-state index is 13.7. The fourth-order valence-corrected chi connectivity index (χ4v) is 2.86. The molecular formula is C16H22FNO6S. The summed E-state index contributed by atoms with van der Waals surface area (Å²) in [6, 6.07) is 1.76. The van der Waals surface area contributed by atoms with E-state index < -0.39 is 39.8 Å². The van der Waals surface area contributed by atoms with Crippen LogP contribution in [0.5, 0.6) is 11.5 Å². The lowest BCUT2D eigenvalue weighted by atomic mass is 10.1. The Hall–Kier alpha value is -2.03. The summed E-state index contributed by atoms with van der Waals surface area (Å²) in [6.07, 6.45) is 0.0534. The number of rotatable bonds is 4. The standard InChI is InChI=1S/C16H22FNO6S/c1-9(18-15(19)23-16(2,3)4)12-7-10-6-11(17)8-13(14(10)22-12)24-25(5,20)21/h6,8-9,12H,7H2,1-5H3,(H,18,19)/t9-,12?/m1/s1. The van der Waals surface area contributed by atoms with E-state index >= 15 is 0 Å². The minimum Gasteiger partial charge on any atom is -0.484 e. The quantitative estimate of drug-likeness (QED) is 0.813. The summed E-state index contributed by atoms with van der Waals surface area (Å²) in [7, 11) is -3.83. The molecule has 1 aliphatic rings. The molecule has 0 fully saturated rings. The Morgan fingerprint density at radius 3 is 2.60 bits per heavy atom. The van der Waals surface area contributed by atoms with Gasteiger partial charge in [-0.15, -0.1) is 0 Å². The van der Waals surface area contributed by atoms with Gasteiger partial charge in [-0.3, -0.25) is 0 Å². The van der Waals surface area contributed by atoms with Crippen molar-refractivity contribution < 1.29 is 31.3 Å². The zero-order valence-electron chi connectivity index (χ0n) is 14.8. The molecule has 0 saturated heterocycles. The lowest BCUT2D eigenvalue weighted by molar-refractivity contribution is 0.0466. The van der Waals surface area contributed by atoms with Gasteiger partial charge in [-0.1, -0.05) is 0 Å². The molecular weight excluding hydrogens is 353 g/mol. The minimum absolute atomic E-state index is 0.162. The minimum atomic E-state index is -3.83. The molecule has 1 aromatic carbocycles. The number of ether oxygens (including phenoxy) is 2. The molecule has 25 heavy (non-hydrogen) atoms. The summed E-state index contributed by atoms with van der Waals surface area (Å²) < 4.78 is 52.1. The molecule has 1 heterocycles. The summed E-state index contributed by atoms with van der Waals surface area (Å²) in [5.74, 6) is -0.673. The largest absolute Gasteiger partial charge is 0.484 e. The van der Waals surface area contributed by atoms with Crippen LogP contribution in [0.4, 0.5) is 9.18 Å². The highest BCUT2D eigenvalue weighted by Crippen LogP contribution is 2.40. The number of hydrogen-bond acceptors (Lipinski definition) is 6. The molecule has 9 heteroatoms. The van der Waals surface area contributed by atoms with Gasteiger partial charge in [0.1, 0.15) is 17.5 Å². The number of halogens is 1. The van der Waals surface area contributed by atoms with Crippen LogP contribution < -0.4 is 14.2 Å². The van der Waals surface area contributed by atoms with Crippen molar-refractivity contribution >= 4 is 16.2 Å². The van der Waals surface area contributed by atoms with Crippen molar-refractivity contribution in [3.63, 3.8) is 0 Å². The van der Waals surface area contributed by atoms with Gasteiger partial charge < -0.3 is 19.0 Å². The summed E-state index contributed by atoms with van der Waals surface area (Å²) in [6.45, 7) is 6.96. The van der Waals surface area contributed by atoms with Crippen LogP contribution in [0.2, 0.25) is 0 Å². The van der Waals surface area contributed by atoms with Crippen molar-refractivity contribution in [2.75, 3.05) is 6.26 Å². The lowest BCUT2D eigenvalue weighted by Crippen LogP contribution is -2.45. The summed E-state index contributed by atoms with van der Waals surface area (Å²) >= 11 is 0. The van der Waals surface area contributed by atoms with Crippen LogP contribution in [0.1, 0.15) is 33.3 Å². The van der Waals surface area contributed by atoms with Crippen LogP contribution in [-0.4, -0.2) is 38.5 Å². The Balaban J connectivity index is 2.12. The number of fused-ring (bicyclic) bond motifs is 1. The highest BCUT2D eigenvalue weighted by molar-refractivity contribution is 7.86. The molecule has 1 N–H and O–H groups in total. The monoisotopic (exact) mass is 375 g/mol. The fraction of sp³-hybridized carbons (Fsp3) is 0.562. The molecule has 1 aliphatic heterocycles. The Morgan fingerprint density at radius 1 is 1.40 bits per heavy atom. The van der Waals surface area contributed by atoms with Crippen LogP contribution in [-0.2, 0) is 21.3 Å². The molecule has 0 aliphatic carbocycles. The van der Waals surface area contributed by atoms with E-state index in [1.54, 1.807) is 27.7 Å². The summed E-state index contributed by atoms with van der Waals surface area (Å²) in [5.41, 5.74) is -0.162. The zero-order chi connectivity index (χ0) is 19.0. The highest BCUT2D eigenvalue weighted by atomic mass is 32.2. The van der Waals surface area contributed by atoms with Gasteiger partial charge >= 0.3 is 16.2 Å².